The molecule has 0 saturated carbocycles. The third-order valence-electron chi connectivity index (χ3n) is 2.88. The lowest BCUT2D eigenvalue weighted by molar-refractivity contribution is -0.125. The standard InChI is InChI=1S/C16H24N2O2/c1-3-13-20-15-8-6-5-7-14(15)9-10-16(19)18(4-2)12-11-17/h5-10H,3-4,11-13,17H2,1-2H3/b10-9+. The van der Waals surface area contributed by atoms with E-state index in [1.54, 1.807) is 17.1 Å². The molecule has 0 aromatic heterocycles. The van der Waals surface area contributed by atoms with Crippen LogP contribution in [0.15, 0.2) is 30.3 Å². The topological polar surface area (TPSA) is 55.6 Å². The Morgan fingerprint density at radius 1 is 1.35 bits per heavy atom. The van der Waals surface area contributed by atoms with Gasteiger partial charge in [-0.2, -0.15) is 0 Å². The summed E-state index contributed by atoms with van der Waals surface area (Å²) in [6, 6.07) is 7.71. The van der Waals surface area contributed by atoms with Crippen LogP contribution in [0.3, 0.4) is 0 Å². The molecule has 0 aliphatic rings. The van der Waals surface area contributed by atoms with Gasteiger partial charge in [0, 0.05) is 31.3 Å². The number of para-hydroxylation sites is 1. The Labute approximate surface area is 121 Å². The monoisotopic (exact) mass is 276 g/mol. The highest BCUT2D eigenvalue weighted by Gasteiger charge is 2.07. The first-order valence-corrected chi connectivity index (χ1v) is 7.11. The van der Waals surface area contributed by atoms with Gasteiger partial charge in [-0.25, -0.2) is 0 Å². The molecule has 1 aromatic rings. The SMILES string of the molecule is CCCOc1ccccc1/C=C/C(=O)N(CC)CCN. The lowest BCUT2D eigenvalue weighted by Gasteiger charge is -2.17. The highest BCUT2D eigenvalue weighted by Crippen LogP contribution is 2.19. The predicted octanol–water partition coefficient (Wildman–Crippen LogP) is 2.30. The molecule has 0 bridgehead atoms. The van der Waals surface area contributed by atoms with Gasteiger partial charge in [-0.1, -0.05) is 25.1 Å². The van der Waals surface area contributed by atoms with Gasteiger partial charge in [0.15, 0.2) is 0 Å². The second kappa shape index (κ2) is 9.15. The van der Waals surface area contributed by atoms with Gasteiger partial charge in [-0.15, -0.1) is 0 Å². The molecular weight excluding hydrogens is 252 g/mol. The van der Waals surface area contributed by atoms with Gasteiger partial charge >= 0.3 is 0 Å². The van der Waals surface area contributed by atoms with E-state index in [0.29, 0.717) is 26.2 Å². The first kappa shape index (κ1) is 16.2. The Hall–Kier alpha value is -1.81. The van der Waals surface area contributed by atoms with Crippen LogP contribution < -0.4 is 10.5 Å². The summed E-state index contributed by atoms with van der Waals surface area (Å²) in [7, 11) is 0. The van der Waals surface area contributed by atoms with Crippen molar-refractivity contribution in [2.45, 2.75) is 20.3 Å². The molecule has 0 spiro atoms. The molecule has 0 heterocycles. The third kappa shape index (κ3) is 5.05. The van der Waals surface area contributed by atoms with Crippen LogP contribution in [-0.4, -0.2) is 37.0 Å². The fourth-order valence-electron chi connectivity index (χ4n) is 1.81. The van der Waals surface area contributed by atoms with Crippen molar-refractivity contribution in [3.63, 3.8) is 0 Å². The van der Waals surface area contributed by atoms with Gasteiger partial charge in [-0.3, -0.25) is 4.79 Å². The van der Waals surface area contributed by atoms with E-state index >= 15 is 0 Å². The van der Waals surface area contributed by atoms with E-state index in [-0.39, 0.29) is 5.91 Å². The number of hydrogen-bond acceptors (Lipinski definition) is 3. The number of ether oxygens (including phenoxy) is 1. The van der Waals surface area contributed by atoms with Gasteiger partial charge in [0.25, 0.3) is 0 Å². The molecule has 1 aromatic carbocycles. The number of hydrogen-bond donors (Lipinski definition) is 1. The molecule has 2 N–H and O–H groups in total. The molecule has 0 aliphatic heterocycles. The van der Waals surface area contributed by atoms with Crippen LogP contribution >= 0.6 is 0 Å². The van der Waals surface area contributed by atoms with E-state index in [1.165, 1.54) is 0 Å². The van der Waals surface area contributed by atoms with E-state index in [0.717, 1.165) is 17.7 Å². The van der Waals surface area contributed by atoms with Crippen LogP contribution in [0, 0.1) is 0 Å². The van der Waals surface area contributed by atoms with Crippen molar-refractivity contribution in [2.24, 2.45) is 5.73 Å². The van der Waals surface area contributed by atoms with Crippen LogP contribution in [0.5, 0.6) is 5.75 Å². The van der Waals surface area contributed by atoms with Gasteiger partial charge in [0.1, 0.15) is 5.75 Å². The minimum Gasteiger partial charge on any atom is -0.493 e. The van der Waals surface area contributed by atoms with Gasteiger partial charge < -0.3 is 15.4 Å². The Balaban J connectivity index is 2.76. The summed E-state index contributed by atoms with van der Waals surface area (Å²) in [5.74, 6) is 0.781. The number of nitrogens with zero attached hydrogens (tertiary/aromatic N) is 1. The second-order valence-electron chi connectivity index (χ2n) is 4.43. The van der Waals surface area contributed by atoms with Crippen molar-refractivity contribution in [3.8, 4) is 5.75 Å². The molecule has 110 valence electrons. The highest BCUT2D eigenvalue weighted by atomic mass is 16.5. The quantitative estimate of drug-likeness (QED) is 0.741. The molecule has 1 rings (SSSR count). The fourth-order valence-corrected chi connectivity index (χ4v) is 1.81. The summed E-state index contributed by atoms with van der Waals surface area (Å²) >= 11 is 0. The number of benzene rings is 1. The Kier molecular flexibility index (Phi) is 7.43. The number of nitrogens with two attached hydrogens (primary N) is 1. The number of carbonyl (C=O) groups excluding carboxylic acids is 1. The molecule has 1 amide bonds. The van der Waals surface area contributed by atoms with E-state index in [1.807, 2.05) is 31.2 Å². The molecule has 0 unspecified atom stereocenters. The maximum atomic E-state index is 12.0. The molecule has 4 heteroatoms. The molecule has 0 fully saturated rings. The Morgan fingerprint density at radius 3 is 2.75 bits per heavy atom. The smallest absolute Gasteiger partial charge is 0.246 e. The number of carbonyl (C=O) groups is 1. The summed E-state index contributed by atoms with van der Waals surface area (Å²) in [4.78, 5) is 13.7. The first-order chi connectivity index (χ1) is 9.72. The lowest BCUT2D eigenvalue weighted by atomic mass is 10.2. The summed E-state index contributed by atoms with van der Waals surface area (Å²) in [5.41, 5.74) is 6.41. The van der Waals surface area contributed by atoms with Crippen LogP contribution in [0.2, 0.25) is 0 Å². The summed E-state index contributed by atoms with van der Waals surface area (Å²) < 4.78 is 5.66. The zero-order valence-corrected chi connectivity index (χ0v) is 12.3. The first-order valence-electron chi connectivity index (χ1n) is 7.11. The number of rotatable bonds is 8. The molecule has 0 aliphatic carbocycles. The van der Waals surface area contributed by atoms with Crippen LogP contribution in [0.25, 0.3) is 6.08 Å². The average molecular weight is 276 g/mol. The molecular formula is C16H24N2O2. The molecule has 0 saturated heterocycles. The van der Waals surface area contributed by atoms with Crippen molar-refractivity contribution in [1.82, 2.24) is 4.90 Å². The van der Waals surface area contributed by atoms with Gasteiger partial charge in [0.05, 0.1) is 6.61 Å². The van der Waals surface area contributed by atoms with Crippen molar-refractivity contribution < 1.29 is 9.53 Å². The largest absolute Gasteiger partial charge is 0.493 e. The van der Waals surface area contributed by atoms with Crippen molar-refractivity contribution in [2.75, 3.05) is 26.2 Å². The normalized spacial score (nSPS) is 10.8. The maximum Gasteiger partial charge on any atom is 0.246 e. The van der Waals surface area contributed by atoms with Crippen LogP contribution in [-0.2, 0) is 4.79 Å². The van der Waals surface area contributed by atoms with Crippen LogP contribution in [0.4, 0.5) is 0 Å². The zero-order valence-electron chi connectivity index (χ0n) is 12.3. The van der Waals surface area contributed by atoms with Gasteiger partial charge in [-0.05, 0) is 25.5 Å². The second-order valence-corrected chi connectivity index (χ2v) is 4.43. The van der Waals surface area contributed by atoms with E-state index in [4.69, 9.17) is 10.5 Å². The Morgan fingerprint density at radius 2 is 2.10 bits per heavy atom. The van der Waals surface area contributed by atoms with Crippen LogP contribution in [0.1, 0.15) is 25.8 Å². The lowest BCUT2D eigenvalue weighted by Crippen LogP contribution is -2.33. The highest BCUT2D eigenvalue weighted by molar-refractivity contribution is 5.92. The van der Waals surface area contributed by atoms with E-state index in [2.05, 4.69) is 6.92 Å². The average Bonchev–Trinajstić information content (AvgIpc) is 2.48. The maximum absolute atomic E-state index is 12.0. The minimum atomic E-state index is -0.0248. The predicted molar refractivity (Wildman–Crippen MR) is 82.6 cm³/mol. The molecule has 0 radical (unpaired) electrons. The summed E-state index contributed by atoms with van der Waals surface area (Å²) in [6.07, 6.45) is 4.33. The molecule has 20 heavy (non-hydrogen) atoms. The fraction of sp³-hybridized carbons (Fsp3) is 0.438. The minimum absolute atomic E-state index is 0.0248. The molecule has 4 nitrogen and oxygen atoms in total. The number of amides is 1. The van der Waals surface area contributed by atoms with Gasteiger partial charge in [0.2, 0.25) is 5.91 Å². The summed E-state index contributed by atoms with van der Waals surface area (Å²) in [5, 5.41) is 0. The zero-order chi connectivity index (χ0) is 14.8. The van der Waals surface area contributed by atoms with E-state index < -0.39 is 0 Å². The van der Waals surface area contributed by atoms with Crippen molar-refractivity contribution >= 4 is 12.0 Å². The molecule has 0 atom stereocenters. The summed E-state index contributed by atoms with van der Waals surface area (Å²) in [6.45, 7) is 6.40. The Bertz CT molecular complexity index is 444. The number of likely N-dealkylation sites (N-methyl/N-ethyl adjacent to an activating group) is 1. The van der Waals surface area contributed by atoms with E-state index in [9.17, 15) is 4.79 Å². The van der Waals surface area contributed by atoms with Crippen molar-refractivity contribution in [3.05, 3.63) is 35.9 Å². The van der Waals surface area contributed by atoms with Crippen molar-refractivity contribution in [1.29, 1.82) is 0 Å². The third-order valence-corrected chi connectivity index (χ3v) is 2.88.